The lowest BCUT2D eigenvalue weighted by molar-refractivity contribution is -0.277. The minimum Gasteiger partial charge on any atom is -0.507 e. The van der Waals surface area contributed by atoms with E-state index in [1.54, 1.807) is 66.7 Å². The van der Waals surface area contributed by atoms with E-state index in [2.05, 4.69) is 10.1 Å². The lowest BCUT2D eigenvalue weighted by Gasteiger charge is -2.39. The van der Waals surface area contributed by atoms with Gasteiger partial charge in [0.05, 0.1) is 36.1 Å². The summed E-state index contributed by atoms with van der Waals surface area (Å²) in [5, 5.41) is 55.5. The van der Waals surface area contributed by atoms with Gasteiger partial charge in [-0.2, -0.15) is 0 Å². The quantitative estimate of drug-likeness (QED) is 0.210. The van der Waals surface area contributed by atoms with Crippen LogP contribution in [0.1, 0.15) is 10.4 Å². The number of ether oxygens (including phenoxy) is 3. The summed E-state index contributed by atoms with van der Waals surface area (Å²) >= 11 is 0. The number of hydrogen-bond donors (Lipinski definition) is 5. The molecule has 1 fully saturated rings. The Bertz CT molecular complexity index is 1490. The summed E-state index contributed by atoms with van der Waals surface area (Å²) in [5.74, 6) is 0.150. The van der Waals surface area contributed by atoms with E-state index >= 15 is 0 Å². The molecule has 0 saturated carbocycles. The highest BCUT2D eigenvalue weighted by molar-refractivity contribution is 5.89. The molecule has 12 nitrogen and oxygen atoms in total. The highest BCUT2D eigenvalue weighted by Crippen LogP contribution is 2.35. The first-order valence-electron chi connectivity index (χ1n) is 12.3. The van der Waals surface area contributed by atoms with Crippen molar-refractivity contribution in [2.24, 2.45) is 0 Å². The smallest absolute Gasteiger partial charge is 0.337 e. The number of carbonyl (C=O) groups excluding carboxylic acids is 1. The number of phenols is 1. The molecule has 40 heavy (non-hydrogen) atoms. The SMILES string of the molecule is COC(=O)c1ccc(-n2nc(-c3ccccc3O[C@@H]3O[C@H](CO)[C@H](O)[C@H](O)[C@H]3O)nc2-c2ccccc2O)cc1. The summed E-state index contributed by atoms with van der Waals surface area (Å²) < 4.78 is 17.7. The van der Waals surface area contributed by atoms with E-state index in [-0.39, 0.29) is 17.3 Å². The van der Waals surface area contributed by atoms with Crippen molar-refractivity contribution in [2.45, 2.75) is 30.7 Å². The summed E-state index contributed by atoms with van der Waals surface area (Å²) in [6, 6.07) is 19.7. The maximum atomic E-state index is 11.9. The van der Waals surface area contributed by atoms with E-state index in [0.717, 1.165) is 0 Å². The van der Waals surface area contributed by atoms with E-state index in [9.17, 15) is 30.3 Å². The third-order valence-corrected chi connectivity index (χ3v) is 6.50. The van der Waals surface area contributed by atoms with Gasteiger partial charge in [0.15, 0.2) is 11.6 Å². The van der Waals surface area contributed by atoms with E-state index in [4.69, 9.17) is 14.2 Å². The molecule has 4 aromatic rings. The van der Waals surface area contributed by atoms with Crippen molar-refractivity contribution in [3.63, 3.8) is 0 Å². The second kappa shape index (κ2) is 11.4. The highest BCUT2D eigenvalue weighted by Gasteiger charge is 2.45. The summed E-state index contributed by atoms with van der Waals surface area (Å²) in [4.78, 5) is 16.6. The number of methoxy groups -OCH3 is 1. The van der Waals surface area contributed by atoms with Gasteiger partial charge in [-0.3, -0.25) is 0 Å². The lowest BCUT2D eigenvalue weighted by Crippen LogP contribution is -2.60. The van der Waals surface area contributed by atoms with Crippen molar-refractivity contribution in [3.8, 4) is 40.0 Å². The molecule has 2 heterocycles. The van der Waals surface area contributed by atoms with Crippen molar-refractivity contribution in [3.05, 3.63) is 78.4 Å². The normalized spacial score (nSPS) is 22.6. The Balaban J connectivity index is 1.57. The molecule has 0 unspecified atom stereocenters. The van der Waals surface area contributed by atoms with Gasteiger partial charge in [-0.05, 0) is 48.5 Å². The molecule has 3 aromatic carbocycles. The number of esters is 1. The maximum Gasteiger partial charge on any atom is 0.337 e. The van der Waals surface area contributed by atoms with E-state index in [0.29, 0.717) is 28.2 Å². The van der Waals surface area contributed by atoms with Gasteiger partial charge >= 0.3 is 5.97 Å². The first-order valence-corrected chi connectivity index (χ1v) is 12.3. The highest BCUT2D eigenvalue weighted by atomic mass is 16.7. The zero-order valence-electron chi connectivity index (χ0n) is 21.2. The van der Waals surface area contributed by atoms with Gasteiger partial charge in [-0.1, -0.05) is 24.3 Å². The van der Waals surface area contributed by atoms with Crippen molar-refractivity contribution >= 4 is 5.97 Å². The molecule has 12 heteroatoms. The third kappa shape index (κ3) is 5.13. The van der Waals surface area contributed by atoms with Crippen LogP contribution in [-0.2, 0) is 9.47 Å². The molecular formula is C28H27N3O9. The van der Waals surface area contributed by atoms with Gasteiger partial charge in [0.2, 0.25) is 6.29 Å². The van der Waals surface area contributed by atoms with Gasteiger partial charge < -0.3 is 39.7 Å². The topological polar surface area (TPSA) is 177 Å². The average molecular weight is 550 g/mol. The number of aromatic hydroxyl groups is 1. The van der Waals surface area contributed by atoms with Crippen LogP contribution in [-0.4, -0.2) is 90.7 Å². The molecule has 0 aliphatic carbocycles. The van der Waals surface area contributed by atoms with E-state index in [1.807, 2.05) is 0 Å². The fourth-order valence-corrected chi connectivity index (χ4v) is 4.34. The molecular weight excluding hydrogens is 522 g/mol. The second-order valence-electron chi connectivity index (χ2n) is 9.04. The van der Waals surface area contributed by atoms with Crippen LogP contribution in [0, 0.1) is 0 Å². The van der Waals surface area contributed by atoms with Crippen LogP contribution in [0.4, 0.5) is 0 Å². The molecule has 0 bridgehead atoms. The first-order chi connectivity index (χ1) is 19.3. The Labute approximate surface area is 228 Å². The van der Waals surface area contributed by atoms with Crippen LogP contribution in [0.25, 0.3) is 28.5 Å². The van der Waals surface area contributed by atoms with Crippen LogP contribution >= 0.6 is 0 Å². The average Bonchev–Trinajstić information content (AvgIpc) is 3.42. The van der Waals surface area contributed by atoms with Crippen molar-refractivity contribution in [2.75, 3.05) is 13.7 Å². The van der Waals surface area contributed by atoms with Crippen molar-refractivity contribution < 1.29 is 44.5 Å². The predicted molar refractivity (Wildman–Crippen MR) is 140 cm³/mol. The zero-order valence-corrected chi connectivity index (χ0v) is 21.2. The zero-order chi connectivity index (χ0) is 28.4. The van der Waals surface area contributed by atoms with Crippen LogP contribution in [0.5, 0.6) is 11.5 Å². The largest absolute Gasteiger partial charge is 0.507 e. The number of hydrogen-bond acceptors (Lipinski definition) is 11. The number of nitrogens with zero attached hydrogens (tertiary/aromatic N) is 3. The number of para-hydroxylation sites is 2. The lowest BCUT2D eigenvalue weighted by atomic mass is 9.99. The van der Waals surface area contributed by atoms with Gasteiger partial charge in [0, 0.05) is 0 Å². The fourth-order valence-electron chi connectivity index (χ4n) is 4.34. The van der Waals surface area contributed by atoms with Gasteiger partial charge in [-0.25, -0.2) is 14.5 Å². The Kier molecular flexibility index (Phi) is 7.78. The Morgan fingerprint density at radius 2 is 1.60 bits per heavy atom. The molecule has 1 aromatic heterocycles. The summed E-state index contributed by atoms with van der Waals surface area (Å²) in [5.41, 5.74) is 1.66. The summed E-state index contributed by atoms with van der Waals surface area (Å²) in [7, 11) is 1.29. The third-order valence-electron chi connectivity index (χ3n) is 6.50. The molecule has 0 radical (unpaired) electrons. The molecule has 5 N–H and O–H groups in total. The number of carbonyl (C=O) groups is 1. The molecule has 0 spiro atoms. The Morgan fingerprint density at radius 1 is 0.925 bits per heavy atom. The van der Waals surface area contributed by atoms with Crippen LogP contribution in [0.15, 0.2) is 72.8 Å². The van der Waals surface area contributed by atoms with Gasteiger partial charge in [0.25, 0.3) is 0 Å². The summed E-state index contributed by atoms with van der Waals surface area (Å²) in [6.07, 6.45) is -7.31. The molecule has 5 atom stereocenters. The van der Waals surface area contributed by atoms with Gasteiger partial charge in [-0.15, -0.1) is 5.10 Å². The molecule has 1 aliphatic rings. The molecule has 1 saturated heterocycles. The number of aromatic nitrogens is 3. The number of benzene rings is 3. The van der Waals surface area contributed by atoms with Crippen molar-refractivity contribution in [1.29, 1.82) is 0 Å². The Morgan fingerprint density at radius 3 is 2.27 bits per heavy atom. The monoisotopic (exact) mass is 549 g/mol. The predicted octanol–water partition coefficient (Wildman–Crippen LogP) is 1.27. The van der Waals surface area contributed by atoms with E-state index in [1.165, 1.54) is 17.9 Å². The number of rotatable bonds is 7. The molecule has 208 valence electrons. The van der Waals surface area contributed by atoms with Crippen LogP contribution < -0.4 is 4.74 Å². The Hall–Kier alpha value is -4.33. The maximum absolute atomic E-state index is 11.9. The minimum atomic E-state index is -1.61. The van der Waals surface area contributed by atoms with Gasteiger partial charge in [0.1, 0.15) is 35.9 Å². The molecule has 5 rings (SSSR count). The minimum absolute atomic E-state index is 0.0280. The van der Waals surface area contributed by atoms with E-state index < -0.39 is 43.3 Å². The standard InChI is InChI=1S/C28H27N3O9/c1-38-27(37)15-10-12-16(13-11-15)31-26(17-6-2-4-8-19(17)33)29-25(30-31)18-7-3-5-9-20(18)39-28-24(36)23(35)22(34)21(14-32)40-28/h2-13,21-24,28,32-36H,14H2,1H3/t21-,22+,23+,24-,28-/m1/s1. The number of aliphatic hydroxyl groups is 4. The summed E-state index contributed by atoms with van der Waals surface area (Å²) in [6.45, 7) is -0.600. The molecule has 0 amide bonds. The van der Waals surface area contributed by atoms with Crippen LogP contribution in [0.3, 0.4) is 0 Å². The van der Waals surface area contributed by atoms with Crippen LogP contribution in [0.2, 0.25) is 0 Å². The number of phenolic OH excluding ortho intramolecular Hbond substituents is 1. The van der Waals surface area contributed by atoms with Crippen molar-refractivity contribution in [1.82, 2.24) is 14.8 Å². The fraction of sp³-hybridized carbons (Fsp3) is 0.250. The second-order valence-corrected chi connectivity index (χ2v) is 9.04. The molecule has 1 aliphatic heterocycles. The first kappa shape index (κ1) is 27.2. The number of aliphatic hydroxyl groups excluding tert-OH is 4.